The lowest BCUT2D eigenvalue weighted by Gasteiger charge is -2.14. The van der Waals surface area contributed by atoms with Crippen LogP contribution in [0.25, 0.3) is 17.1 Å². The van der Waals surface area contributed by atoms with E-state index in [2.05, 4.69) is 30.1 Å². The minimum atomic E-state index is -4.78. The van der Waals surface area contributed by atoms with Crippen LogP contribution in [0.2, 0.25) is 0 Å². The van der Waals surface area contributed by atoms with E-state index in [1.807, 2.05) is 0 Å². The van der Waals surface area contributed by atoms with E-state index in [0.29, 0.717) is 6.54 Å². The van der Waals surface area contributed by atoms with E-state index in [1.165, 1.54) is 40.3 Å². The SMILES string of the molecule is O=C1O[C@@H](Cn2ccnn2)CN1c1ccc(-n2cc(-c3noc(C(F)(F)F)n3)cn2)c(F)c1. The molecule has 11 nitrogen and oxygen atoms in total. The number of carbonyl (C=O) groups is 1. The second kappa shape index (κ2) is 7.68. The molecule has 5 rings (SSSR count). The number of halogens is 4. The predicted molar refractivity (Wildman–Crippen MR) is 99.5 cm³/mol. The van der Waals surface area contributed by atoms with Crippen LogP contribution in [-0.2, 0) is 17.5 Å². The van der Waals surface area contributed by atoms with Crippen LogP contribution in [-0.4, -0.2) is 53.7 Å². The molecule has 1 aromatic carbocycles. The van der Waals surface area contributed by atoms with Crippen molar-refractivity contribution < 1.29 is 31.6 Å². The van der Waals surface area contributed by atoms with E-state index in [-0.39, 0.29) is 29.3 Å². The molecule has 0 unspecified atom stereocenters. The van der Waals surface area contributed by atoms with Gasteiger partial charge in [-0.25, -0.2) is 18.5 Å². The summed E-state index contributed by atoms with van der Waals surface area (Å²) in [7, 11) is 0. The van der Waals surface area contributed by atoms with E-state index < -0.39 is 30.1 Å². The molecule has 33 heavy (non-hydrogen) atoms. The summed E-state index contributed by atoms with van der Waals surface area (Å²) >= 11 is 0. The number of anilines is 1. The number of nitrogens with zero attached hydrogens (tertiary/aromatic N) is 8. The molecule has 3 aromatic heterocycles. The Balaban J connectivity index is 1.33. The summed E-state index contributed by atoms with van der Waals surface area (Å²) in [5, 5.41) is 14.7. The van der Waals surface area contributed by atoms with Crippen molar-refractivity contribution in [1.82, 2.24) is 34.9 Å². The number of cyclic esters (lactones) is 1. The molecular formula is C18H12F4N8O3. The summed E-state index contributed by atoms with van der Waals surface area (Å²) in [4.78, 5) is 16.8. The van der Waals surface area contributed by atoms with Crippen molar-refractivity contribution in [2.45, 2.75) is 18.8 Å². The standard InChI is InChI=1S/C18H12F4N8O3/c19-13-5-11(29-9-12(32-17(29)31)8-28-4-3-23-27-28)1-2-14(13)30-7-10(6-24-30)15-25-16(33-26-15)18(20,21)22/h1-7,12H,8-9H2/t12-/m0/s1. The van der Waals surface area contributed by atoms with Crippen LogP contribution in [0.3, 0.4) is 0 Å². The maximum absolute atomic E-state index is 14.8. The number of amides is 1. The van der Waals surface area contributed by atoms with Crippen LogP contribution < -0.4 is 4.90 Å². The van der Waals surface area contributed by atoms with Crippen LogP contribution in [0.5, 0.6) is 0 Å². The van der Waals surface area contributed by atoms with Gasteiger partial charge in [-0.05, 0) is 18.2 Å². The van der Waals surface area contributed by atoms with Gasteiger partial charge < -0.3 is 9.26 Å². The zero-order valence-corrected chi connectivity index (χ0v) is 16.3. The molecule has 4 heterocycles. The molecule has 0 spiro atoms. The molecule has 1 aliphatic heterocycles. The maximum atomic E-state index is 14.8. The Morgan fingerprint density at radius 3 is 2.79 bits per heavy atom. The maximum Gasteiger partial charge on any atom is 0.471 e. The Morgan fingerprint density at radius 1 is 1.24 bits per heavy atom. The van der Waals surface area contributed by atoms with E-state index in [9.17, 15) is 22.4 Å². The van der Waals surface area contributed by atoms with E-state index >= 15 is 0 Å². The topological polar surface area (TPSA) is 117 Å². The van der Waals surface area contributed by atoms with Crippen molar-refractivity contribution in [3.63, 3.8) is 0 Å². The second-order valence-electron chi connectivity index (χ2n) is 6.97. The lowest BCUT2D eigenvalue weighted by atomic mass is 10.2. The number of ether oxygens (including phenoxy) is 1. The second-order valence-corrected chi connectivity index (χ2v) is 6.97. The van der Waals surface area contributed by atoms with Gasteiger partial charge in [-0.15, -0.1) is 5.10 Å². The zero-order valence-electron chi connectivity index (χ0n) is 16.3. The number of alkyl halides is 3. The van der Waals surface area contributed by atoms with Gasteiger partial charge in [0, 0.05) is 12.4 Å². The highest BCUT2D eigenvalue weighted by atomic mass is 19.4. The molecule has 0 bridgehead atoms. The van der Waals surface area contributed by atoms with E-state index in [1.54, 1.807) is 6.20 Å². The Hall–Kier alpha value is -4.30. The Kier molecular flexibility index (Phi) is 4.79. The van der Waals surface area contributed by atoms with Crippen LogP contribution in [0.1, 0.15) is 5.89 Å². The van der Waals surface area contributed by atoms with Crippen LogP contribution in [0.15, 0.2) is 47.5 Å². The lowest BCUT2D eigenvalue weighted by Crippen LogP contribution is -2.26. The third kappa shape index (κ3) is 3.99. The summed E-state index contributed by atoms with van der Waals surface area (Å²) in [6, 6.07) is 4.00. The lowest BCUT2D eigenvalue weighted by molar-refractivity contribution is -0.159. The van der Waals surface area contributed by atoms with Gasteiger partial charge in [0.15, 0.2) is 5.82 Å². The minimum absolute atomic E-state index is 0.00345. The van der Waals surface area contributed by atoms with Gasteiger partial charge in [0.2, 0.25) is 5.82 Å². The summed E-state index contributed by atoms with van der Waals surface area (Å²) in [6.07, 6.45) is -0.363. The van der Waals surface area contributed by atoms with Crippen LogP contribution in [0, 0.1) is 5.82 Å². The van der Waals surface area contributed by atoms with Gasteiger partial charge in [0.05, 0.1) is 36.7 Å². The van der Waals surface area contributed by atoms with Crippen LogP contribution in [0.4, 0.5) is 28.0 Å². The fourth-order valence-corrected chi connectivity index (χ4v) is 3.24. The number of carbonyl (C=O) groups excluding carboxylic acids is 1. The molecule has 4 aromatic rings. The molecule has 170 valence electrons. The first-order valence-corrected chi connectivity index (χ1v) is 9.36. The van der Waals surface area contributed by atoms with Crippen molar-refractivity contribution in [1.29, 1.82) is 0 Å². The quantitative estimate of drug-likeness (QED) is 0.414. The number of rotatable bonds is 5. The van der Waals surface area contributed by atoms with Gasteiger partial charge in [0.1, 0.15) is 11.8 Å². The molecule has 0 N–H and O–H groups in total. The Bertz CT molecular complexity index is 1300. The summed E-state index contributed by atoms with van der Waals surface area (Å²) in [5.41, 5.74) is 0.357. The molecule has 1 saturated heterocycles. The molecule has 1 amide bonds. The third-order valence-electron chi connectivity index (χ3n) is 4.74. The average molecular weight is 464 g/mol. The molecule has 0 saturated carbocycles. The zero-order chi connectivity index (χ0) is 23.2. The van der Waals surface area contributed by atoms with E-state index in [4.69, 9.17) is 4.74 Å². The molecule has 1 fully saturated rings. The number of aromatic nitrogens is 7. The van der Waals surface area contributed by atoms with Crippen molar-refractivity contribution in [2.24, 2.45) is 0 Å². The third-order valence-corrected chi connectivity index (χ3v) is 4.74. The molecular weight excluding hydrogens is 452 g/mol. The van der Waals surface area contributed by atoms with Crippen LogP contribution >= 0.6 is 0 Å². The fraction of sp³-hybridized carbons (Fsp3) is 0.222. The van der Waals surface area contributed by atoms with E-state index in [0.717, 1.165) is 10.7 Å². The van der Waals surface area contributed by atoms with Crippen molar-refractivity contribution in [3.05, 3.63) is 54.7 Å². The number of hydrogen-bond donors (Lipinski definition) is 0. The Morgan fingerprint density at radius 2 is 2.09 bits per heavy atom. The predicted octanol–water partition coefficient (Wildman–Crippen LogP) is 2.70. The summed E-state index contributed by atoms with van der Waals surface area (Å²) < 4.78 is 64.9. The molecule has 1 atom stereocenters. The van der Waals surface area contributed by atoms with Crippen molar-refractivity contribution in [3.8, 4) is 17.1 Å². The minimum Gasteiger partial charge on any atom is -0.442 e. The average Bonchev–Trinajstić information content (AvgIpc) is 3.55. The molecule has 0 radical (unpaired) electrons. The van der Waals surface area contributed by atoms with Gasteiger partial charge in [-0.1, -0.05) is 10.4 Å². The van der Waals surface area contributed by atoms with Crippen molar-refractivity contribution >= 4 is 11.8 Å². The van der Waals surface area contributed by atoms with Gasteiger partial charge in [-0.3, -0.25) is 4.90 Å². The van der Waals surface area contributed by atoms with Crippen molar-refractivity contribution in [2.75, 3.05) is 11.4 Å². The smallest absolute Gasteiger partial charge is 0.442 e. The fourth-order valence-electron chi connectivity index (χ4n) is 3.24. The van der Waals surface area contributed by atoms with Gasteiger partial charge >= 0.3 is 18.2 Å². The summed E-state index contributed by atoms with van der Waals surface area (Å²) in [6.45, 7) is 0.480. The highest BCUT2D eigenvalue weighted by Crippen LogP contribution is 2.30. The first-order chi connectivity index (χ1) is 15.8. The molecule has 1 aliphatic rings. The highest BCUT2D eigenvalue weighted by molar-refractivity contribution is 5.89. The number of hydrogen-bond acceptors (Lipinski definition) is 8. The first-order valence-electron chi connectivity index (χ1n) is 9.36. The monoisotopic (exact) mass is 464 g/mol. The van der Waals surface area contributed by atoms with Gasteiger partial charge in [-0.2, -0.15) is 23.3 Å². The van der Waals surface area contributed by atoms with Gasteiger partial charge in [0.25, 0.3) is 0 Å². The Labute approximate surface area is 181 Å². The normalized spacial score (nSPS) is 16.4. The molecule has 15 heteroatoms. The highest BCUT2D eigenvalue weighted by Gasteiger charge is 2.38. The summed E-state index contributed by atoms with van der Waals surface area (Å²) in [5.74, 6) is -2.57. The molecule has 0 aliphatic carbocycles. The first kappa shape index (κ1) is 20.6. The number of benzene rings is 1. The largest absolute Gasteiger partial charge is 0.471 e.